The van der Waals surface area contributed by atoms with Gasteiger partial charge in [-0.25, -0.2) is 4.98 Å². The summed E-state index contributed by atoms with van der Waals surface area (Å²) in [4.78, 5) is 27.2. The van der Waals surface area contributed by atoms with Crippen LogP contribution in [0.15, 0.2) is 28.6 Å². The topological polar surface area (TPSA) is 65.5 Å². The van der Waals surface area contributed by atoms with Crippen molar-refractivity contribution in [2.75, 3.05) is 0 Å². The molecule has 0 aliphatic rings. The molecule has 0 spiro atoms. The molecule has 0 aliphatic carbocycles. The smallest absolute Gasteiger partial charge is 0.463 e. The summed E-state index contributed by atoms with van der Waals surface area (Å²) in [7, 11) is 0. The number of thiazole rings is 1. The second-order valence-electron chi connectivity index (χ2n) is 4.52. The predicted molar refractivity (Wildman–Crippen MR) is 82.0 cm³/mol. The van der Waals surface area contributed by atoms with Gasteiger partial charge in [-0.15, -0.1) is 11.3 Å². The molecule has 0 unspecified atom stereocenters. The quantitative estimate of drug-likeness (QED) is 0.427. The molecule has 1 heterocycles. The minimum absolute atomic E-state index is 0. The molecule has 1 aromatic carbocycles. The fourth-order valence-electron chi connectivity index (χ4n) is 1.54. The number of carbonyl (C=O) groups excluding carboxylic acids is 2. The van der Waals surface area contributed by atoms with Crippen LogP contribution >= 0.6 is 23.4 Å². The van der Waals surface area contributed by atoms with E-state index < -0.39 is 11.9 Å². The Bertz CT molecular complexity index is 612. The zero-order valence-electron chi connectivity index (χ0n) is 12.4. The van der Waals surface area contributed by atoms with Crippen molar-refractivity contribution in [2.24, 2.45) is 0 Å². The SMILES string of the molecule is CC(C)OC(=O)CCC(=O)OSc1nc2ccccc2s1.[Zn+2]. The molecule has 0 atom stereocenters. The van der Waals surface area contributed by atoms with Gasteiger partial charge in [0, 0.05) is 0 Å². The van der Waals surface area contributed by atoms with Crippen LogP contribution in [-0.2, 0) is 38.0 Å². The second-order valence-corrected chi connectivity index (χ2v) is 6.53. The zero-order chi connectivity index (χ0) is 15.2. The maximum absolute atomic E-state index is 11.5. The third-order valence-electron chi connectivity index (χ3n) is 2.38. The molecule has 5 nitrogen and oxygen atoms in total. The fraction of sp³-hybridized carbons (Fsp3) is 0.357. The number of benzene rings is 1. The van der Waals surface area contributed by atoms with Crippen molar-refractivity contribution in [2.45, 2.75) is 37.1 Å². The Morgan fingerprint density at radius 3 is 2.59 bits per heavy atom. The summed E-state index contributed by atoms with van der Waals surface area (Å²) >= 11 is 2.38. The third kappa shape index (κ3) is 6.03. The first-order chi connectivity index (χ1) is 10.0. The van der Waals surface area contributed by atoms with E-state index in [1.54, 1.807) is 13.8 Å². The number of hydrogen-bond donors (Lipinski definition) is 0. The third-order valence-corrected chi connectivity index (χ3v) is 4.17. The maximum Gasteiger partial charge on any atom is 2.00 e. The minimum Gasteiger partial charge on any atom is -0.463 e. The molecule has 0 bridgehead atoms. The van der Waals surface area contributed by atoms with Crippen LogP contribution in [0.3, 0.4) is 0 Å². The number of carbonyl (C=O) groups is 2. The van der Waals surface area contributed by atoms with Gasteiger partial charge in [0.05, 0.1) is 29.2 Å². The van der Waals surface area contributed by atoms with Crippen LogP contribution in [0.2, 0.25) is 0 Å². The van der Waals surface area contributed by atoms with Crippen LogP contribution in [0.25, 0.3) is 10.2 Å². The van der Waals surface area contributed by atoms with Gasteiger partial charge in [-0.3, -0.25) is 9.59 Å². The van der Waals surface area contributed by atoms with Crippen molar-refractivity contribution in [1.82, 2.24) is 4.98 Å². The van der Waals surface area contributed by atoms with Gasteiger partial charge in [0.25, 0.3) is 0 Å². The van der Waals surface area contributed by atoms with E-state index in [4.69, 9.17) is 8.92 Å². The molecule has 112 valence electrons. The molecule has 0 fully saturated rings. The number of nitrogens with zero attached hydrogens (tertiary/aromatic N) is 1. The van der Waals surface area contributed by atoms with Crippen molar-refractivity contribution in [3.05, 3.63) is 24.3 Å². The Morgan fingerprint density at radius 1 is 1.23 bits per heavy atom. The summed E-state index contributed by atoms with van der Waals surface area (Å²) in [6.07, 6.45) is -0.147. The Labute approximate surface area is 149 Å². The van der Waals surface area contributed by atoms with Gasteiger partial charge in [0.2, 0.25) is 0 Å². The van der Waals surface area contributed by atoms with Gasteiger partial charge in [0.15, 0.2) is 4.34 Å². The van der Waals surface area contributed by atoms with Crippen molar-refractivity contribution in [1.29, 1.82) is 0 Å². The number of aromatic nitrogens is 1. The molecule has 1 aromatic heterocycles. The van der Waals surface area contributed by atoms with Gasteiger partial charge < -0.3 is 8.92 Å². The molecule has 0 saturated heterocycles. The Balaban J connectivity index is 0.00000242. The van der Waals surface area contributed by atoms with E-state index in [-0.39, 0.29) is 38.4 Å². The molecule has 0 amide bonds. The van der Waals surface area contributed by atoms with Crippen LogP contribution in [-0.4, -0.2) is 23.0 Å². The first-order valence-electron chi connectivity index (χ1n) is 6.47. The van der Waals surface area contributed by atoms with Gasteiger partial charge in [-0.1, -0.05) is 12.1 Å². The molecule has 0 saturated carbocycles. The van der Waals surface area contributed by atoms with Gasteiger partial charge in [0.1, 0.15) is 12.0 Å². The van der Waals surface area contributed by atoms with E-state index in [0.29, 0.717) is 4.34 Å². The van der Waals surface area contributed by atoms with Crippen molar-refractivity contribution in [3.8, 4) is 0 Å². The molecule has 2 rings (SSSR count). The first-order valence-corrected chi connectivity index (χ1v) is 8.03. The second kappa shape index (κ2) is 9.23. The van der Waals surface area contributed by atoms with Crippen molar-refractivity contribution < 1.29 is 38.0 Å². The zero-order valence-corrected chi connectivity index (χ0v) is 17.0. The van der Waals surface area contributed by atoms with Crippen molar-refractivity contribution >= 4 is 45.5 Å². The van der Waals surface area contributed by atoms with E-state index in [1.807, 2.05) is 24.3 Å². The monoisotopic (exact) mass is 389 g/mol. The van der Waals surface area contributed by atoms with Crippen LogP contribution in [0.5, 0.6) is 0 Å². The molecule has 2 aromatic rings. The number of rotatable bonds is 6. The average Bonchev–Trinajstić information content (AvgIpc) is 2.85. The van der Waals surface area contributed by atoms with Gasteiger partial charge >= 0.3 is 31.4 Å². The van der Waals surface area contributed by atoms with Crippen LogP contribution < -0.4 is 0 Å². The normalized spacial score (nSPS) is 10.3. The molecule has 0 aliphatic heterocycles. The maximum atomic E-state index is 11.5. The average molecular weight is 391 g/mol. The fourth-order valence-corrected chi connectivity index (χ4v) is 3.12. The van der Waals surface area contributed by atoms with E-state index >= 15 is 0 Å². The number of ether oxygens (including phenoxy) is 1. The molecular weight excluding hydrogens is 376 g/mol. The number of fused-ring (bicyclic) bond motifs is 1. The van der Waals surface area contributed by atoms with Crippen LogP contribution in [0.4, 0.5) is 0 Å². The Kier molecular flexibility index (Phi) is 8.00. The Morgan fingerprint density at radius 2 is 1.91 bits per heavy atom. The van der Waals surface area contributed by atoms with E-state index in [0.717, 1.165) is 22.3 Å². The summed E-state index contributed by atoms with van der Waals surface area (Å²) in [5, 5.41) is 0. The summed E-state index contributed by atoms with van der Waals surface area (Å²) in [5.74, 6) is -0.855. The summed E-state index contributed by atoms with van der Waals surface area (Å²) in [5.41, 5.74) is 0.876. The van der Waals surface area contributed by atoms with Crippen LogP contribution in [0, 0.1) is 0 Å². The van der Waals surface area contributed by atoms with E-state index in [9.17, 15) is 9.59 Å². The number of hydrogen-bond acceptors (Lipinski definition) is 7. The van der Waals surface area contributed by atoms with E-state index in [1.165, 1.54) is 11.3 Å². The van der Waals surface area contributed by atoms with Crippen molar-refractivity contribution in [3.63, 3.8) is 0 Å². The summed E-state index contributed by atoms with van der Waals surface area (Å²) in [6.45, 7) is 3.53. The largest absolute Gasteiger partial charge is 2.00 e. The van der Waals surface area contributed by atoms with Crippen LogP contribution in [0.1, 0.15) is 26.7 Å². The van der Waals surface area contributed by atoms with Gasteiger partial charge in [-0.05, 0) is 26.0 Å². The first kappa shape index (κ1) is 19.1. The van der Waals surface area contributed by atoms with Gasteiger partial charge in [-0.2, -0.15) is 0 Å². The predicted octanol–water partition coefficient (Wildman–Crippen LogP) is 3.58. The summed E-state index contributed by atoms with van der Waals surface area (Å²) in [6, 6.07) is 7.70. The summed E-state index contributed by atoms with van der Waals surface area (Å²) < 4.78 is 11.7. The molecule has 0 radical (unpaired) electrons. The minimum atomic E-state index is -0.458. The molecule has 0 N–H and O–H groups in total. The molecule has 22 heavy (non-hydrogen) atoms. The number of esters is 1. The van der Waals surface area contributed by atoms with E-state index in [2.05, 4.69) is 4.98 Å². The number of para-hydroxylation sites is 1. The molecule has 8 heteroatoms. The molecular formula is C14H15NO4S2Zn+2. The Hall–Kier alpha value is -0.977. The standard InChI is InChI=1S/C14H15NO4S2.Zn/c1-9(2)18-12(16)7-8-13(17)19-21-14-15-10-5-3-4-6-11(10)20-14;/h3-6,9H,7-8H2,1-2H3;/q;+2.